The van der Waals surface area contributed by atoms with Gasteiger partial charge in [0.2, 0.25) is 0 Å². The van der Waals surface area contributed by atoms with Crippen molar-refractivity contribution in [2.24, 2.45) is 12.8 Å². The van der Waals surface area contributed by atoms with Crippen LogP contribution in [0.3, 0.4) is 0 Å². The fraction of sp³-hybridized carbons (Fsp3) is 0.692. The lowest BCUT2D eigenvalue weighted by atomic mass is 10.0. The van der Waals surface area contributed by atoms with Gasteiger partial charge in [0.1, 0.15) is 5.60 Å². The first-order chi connectivity index (χ1) is 8.73. The highest BCUT2D eigenvalue weighted by Crippen LogP contribution is 2.17. The van der Waals surface area contributed by atoms with Crippen molar-refractivity contribution in [2.45, 2.75) is 39.2 Å². The number of carbonyl (C=O) groups is 1. The van der Waals surface area contributed by atoms with E-state index in [-0.39, 0.29) is 5.92 Å². The summed E-state index contributed by atoms with van der Waals surface area (Å²) in [5, 5.41) is 7.03. The van der Waals surface area contributed by atoms with Gasteiger partial charge in [0.25, 0.3) is 0 Å². The standard InChI is InChI=1S/C13H24N4O2/c1-9-11(8-17(5)16-9)10(6-14)7-15-12(18)19-13(2,3)4/h8,10H,6-7,14H2,1-5H3,(H,15,18). The topological polar surface area (TPSA) is 82.2 Å². The summed E-state index contributed by atoms with van der Waals surface area (Å²) in [5.41, 5.74) is 7.26. The largest absolute Gasteiger partial charge is 0.444 e. The molecule has 0 aliphatic carbocycles. The summed E-state index contributed by atoms with van der Waals surface area (Å²) in [7, 11) is 1.87. The summed E-state index contributed by atoms with van der Waals surface area (Å²) < 4.78 is 6.94. The summed E-state index contributed by atoms with van der Waals surface area (Å²) in [6.07, 6.45) is 1.51. The average Bonchev–Trinajstić information content (AvgIpc) is 2.56. The maximum Gasteiger partial charge on any atom is 0.407 e. The number of nitrogens with two attached hydrogens (primary N) is 1. The number of nitrogens with zero attached hydrogens (tertiary/aromatic N) is 2. The number of rotatable bonds is 4. The summed E-state index contributed by atoms with van der Waals surface area (Å²) in [6, 6.07) is 0. The molecule has 0 aliphatic rings. The van der Waals surface area contributed by atoms with Crippen molar-refractivity contribution in [2.75, 3.05) is 13.1 Å². The zero-order chi connectivity index (χ0) is 14.6. The highest BCUT2D eigenvalue weighted by molar-refractivity contribution is 5.67. The Hall–Kier alpha value is -1.56. The zero-order valence-corrected chi connectivity index (χ0v) is 12.4. The second-order valence-electron chi connectivity index (χ2n) is 5.66. The summed E-state index contributed by atoms with van der Waals surface area (Å²) in [5.74, 6) is 0.0428. The van der Waals surface area contributed by atoms with Gasteiger partial charge in [-0.25, -0.2) is 4.79 Å². The molecule has 108 valence electrons. The maximum atomic E-state index is 11.6. The average molecular weight is 268 g/mol. The Morgan fingerprint density at radius 3 is 2.63 bits per heavy atom. The van der Waals surface area contributed by atoms with E-state index in [2.05, 4.69) is 10.4 Å². The van der Waals surface area contributed by atoms with E-state index in [0.29, 0.717) is 13.1 Å². The Morgan fingerprint density at radius 2 is 2.21 bits per heavy atom. The molecular weight excluding hydrogens is 244 g/mol. The number of nitrogens with one attached hydrogen (secondary N) is 1. The summed E-state index contributed by atoms with van der Waals surface area (Å²) in [4.78, 5) is 11.6. The first-order valence-electron chi connectivity index (χ1n) is 6.40. The molecule has 1 rings (SSSR count). The Labute approximate surface area is 114 Å². The van der Waals surface area contributed by atoms with Crippen molar-refractivity contribution >= 4 is 6.09 Å². The molecule has 19 heavy (non-hydrogen) atoms. The quantitative estimate of drug-likeness (QED) is 0.862. The minimum absolute atomic E-state index is 0.0428. The second kappa shape index (κ2) is 6.06. The molecule has 0 fully saturated rings. The lowest BCUT2D eigenvalue weighted by Gasteiger charge is -2.21. The van der Waals surface area contributed by atoms with Gasteiger partial charge < -0.3 is 15.8 Å². The molecule has 1 atom stereocenters. The molecule has 1 amide bonds. The molecule has 0 bridgehead atoms. The van der Waals surface area contributed by atoms with Crippen molar-refractivity contribution < 1.29 is 9.53 Å². The van der Waals surface area contributed by atoms with Gasteiger partial charge in [-0.15, -0.1) is 0 Å². The van der Waals surface area contributed by atoms with Crippen LogP contribution in [0.25, 0.3) is 0 Å². The van der Waals surface area contributed by atoms with E-state index >= 15 is 0 Å². The zero-order valence-electron chi connectivity index (χ0n) is 12.4. The van der Waals surface area contributed by atoms with E-state index in [0.717, 1.165) is 11.3 Å². The third kappa shape index (κ3) is 4.90. The molecule has 1 heterocycles. The van der Waals surface area contributed by atoms with E-state index in [9.17, 15) is 4.79 Å². The van der Waals surface area contributed by atoms with Gasteiger partial charge in [-0.1, -0.05) is 0 Å². The monoisotopic (exact) mass is 268 g/mol. The van der Waals surface area contributed by atoms with Gasteiger partial charge in [0, 0.05) is 32.3 Å². The lowest BCUT2D eigenvalue weighted by molar-refractivity contribution is 0.0525. The molecule has 0 saturated carbocycles. The number of ether oxygens (including phenoxy) is 1. The van der Waals surface area contributed by atoms with Crippen molar-refractivity contribution in [3.63, 3.8) is 0 Å². The number of alkyl carbamates (subject to hydrolysis) is 1. The van der Waals surface area contributed by atoms with Gasteiger partial charge in [-0.2, -0.15) is 5.10 Å². The van der Waals surface area contributed by atoms with Crippen LogP contribution in [0.5, 0.6) is 0 Å². The van der Waals surface area contributed by atoms with Crippen LogP contribution in [-0.4, -0.2) is 34.6 Å². The van der Waals surface area contributed by atoms with Crippen LogP contribution in [0.15, 0.2) is 6.20 Å². The molecule has 0 aromatic carbocycles. The second-order valence-corrected chi connectivity index (χ2v) is 5.66. The third-order valence-electron chi connectivity index (χ3n) is 2.67. The lowest BCUT2D eigenvalue weighted by Crippen LogP contribution is -2.36. The smallest absolute Gasteiger partial charge is 0.407 e. The number of aromatic nitrogens is 2. The Bertz CT molecular complexity index is 434. The number of carbonyl (C=O) groups excluding carboxylic acids is 1. The van der Waals surface area contributed by atoms with Gasteiger partial charge in [0.05, 0.1) is 5.69 Å². The van der Waals surface area contributed by atoms with Gasteiger partial charge in [0.15, 0.2) is 0 Å². The van der Waals surface area contributed by atoms with E-state index < -0.39 is 11.7 Å². The fourth-order valence-corrected chi connectivity index (χ4v) is 1.86. The number of amides is 1. The first-order valence-corrected chi connectivity index (χ1v) is 6.40. The third-order valence-corrected chi connectivity index (χ3v) is 2.67. The predicted octanol–water partition coefficient (Wildman–Crippen LogP) is 1.30. The molecule has 6 heteroatoms. The molecule has 0 saturated heterocycles. The highest BCUT2D eigenvalue weighted by Gasteiger charge is 2.19. The van der Waals surface area contributed by atoms with Crippen LogP contribution in [0.2, 0.25) is 0 Å². The van der Waals surface area contributed by atoms with Crippen LogP contribution in [0.1, 0.15) is 37.9 Å². The summed E-state index contributed by atoms with van der Waals surface area (Å²) in [6.45, 7) is 8.32. The van der Waals surface area contributed by atoms with Gasteiger partial charge in [-0.05, 0) is 33.3 Å². The van der Waals surface area contributed by atoms with Crippen molar-refractivity contribution in [3.8, 4) is 0 Å². The molecular formula is C13H24N4O2. The minimum atomic E-state index is -0.494. The number of hydrogen-bond donors (Lipinski definition) is 2. The normalized spacial score (nSPS) is 13.2. The van der Waals surface area contributed by atoms with Crippen LogP contribution in [0.4, 0.5) is 4.79 Å². The summed E-state index contributed by atoms with van der Waals surface area (Å²) >= 11 is 0. The Kier molecular flexibility index (Phi) is 4.94. The minimum Gasteiger partial charge on any atom is -0.444 e. The molecule has 1 aromatic rings. The van der Waals surface area contributed by atoms with Crippen molar-refractivity contribution in [1.82, 2.24) is 15.1 Å². The predicted molar refractivity (Wildman–Crippen MR) is 74.0 cm³/mol. The highest BCUT2D eigenvalue weighted by atomic mass is 16.6. The molecule has 6 nitrogen and oxygen atoms in total. The molecule has 3 N–H and O–H groups in total. The molecule has 0 aliphatic heterocycles. The van der Waals surface area contributed by atoms with Crippen LogP contribution in [-0.2, 0) is 11.8 Å². The fourth-order valence-electron chi connectivity index (χ4n) is 1.86. The number of hydrogen-bond acceptors (Lipinski definition) is 4. The van der Waals surface area contributed by atoms with E-state index in [1.54, 1.807) is 4.68 Å². The SMILES string of the molecule is Cc1nn(C)cc1C(CN)CNC(=O)OC(C)(C)C. The molecule has 0 radical (unpaired) electrons. The van der Waals surface area contributed by atoms with Gasteiger partial charge in [-0.3, -0.25) is 4.68 Å². The van der Waals surface area contributed by atoms with E-state index in [1.807, 2.05) is 40.9 Å². The molecule has 1 aromatic heterocycles. The van der Waals surface area contributed by atoms with Crippen molar-refractivity contribution in [1.29, 1.82) is 0 Å². The van der Waals surface area contributed by atoms with Crippen LogP contribution < -0.4 is 11.1 Å². The van der Waals surface area contributed by atoms with Crippen LogP contribution in [0, 0.1) is 6.92 Å². The van der Waals surface area contributed by atoms with E-state index in [1.165, 1.54) is 0 Å². The Morgan fingerprint density at radius 1 is 1.58 bits per heavy atom. The van der Waals surface area contributed by atoms with Crippen molar-refractivity contribution in [3.05, 3.63) is 17.5 Å². The Balaban J connectivity index is 2.59. The first kappa shape index (κ1) is 15.5. The molecule has 0 spiro atoms. The van der Waals surface area contributed by atoms with Crippen LogP contribution >= 0.6 is 0 Å². The number of aryl methyl sites for hydroxylation is 2. The maximum absolute atomic E-state index is 11.6. The van der Waals surface area contributed by atoms with Gasteiger partial charge >= 0.3 is 6.09 Å². The van der Waals surface area contributed by atoms with E-state index in [4.69, 9.17) is 10.5 Å². The molecule has 1 unspecified atom stereocenters.